The molecule has 0 radical (unpaired) electrons. The summed E-state index contributed by atoms with van der Waals surface area (Å²) in [5.74, 6) is -0.0741. The first-order valence-corrected chi connectivity index (χ1v) is 6.83. The number of amides is 1. The standard InChI is InChI=1S/C14H22N4OS/c1-17(2)8-9-18(3)10-13(19)16-12-7-5-4-6-11(12)14(15)20/h4-7H,8-10H2,1-3H3,(H2,15,20)(H,16,19). The highest BCUT2D eigenvalue weighted by atomic mass is 32.1. The van der Waals surface area contributed by atoms with Crippen molar-refractivity contribution < 1.29 is 4.79 Å². The minimum Gasteiger partial charge on any atom is -0.389 e. The van der Waals surface area contributed by atoms with E-state index in [4.69, 9.17) is 18.0 Å². The summed E-state index contributed by atoms with van der Waals surface area (Å²) in [6, 6.07) is 7.28. The minimum absolute atomic E-state index is 0.0741. The zero-order valence-electron chi connectivity index (χ0n) is 12.2. The molecule has 0 aromatic heterocycles. The predicted octanol–water partition coefficient (Wildman–Crippen LogP) is 0.753. The molecule has 0 unspecified atom stereocenters. The Morgan fingerprint density at radius 2 is 1.90 bits per heavy atom. The summed E-state index contributed by atoms with van der Waals surface area (Å²) in [7, 11) is 5.93. The van der Waals surface area contributed by atoms with Gasteiger partial charge < -0.3 is 16.0 Å². The Bertz CT molecular complexity index is 476. The highest BCUT2D eigenvalue weighted by molar-refractivity contribution is 7.80. The lowest BCUT2D eigenvalue weighted by Crippen LogP contribution is -2.35. The van der Waals surface area contributed by atoms with E-state index in [9.17, 15) is 4.79 Å². The number of nitrogens with one attached hydrogen (secondary N) is 1. The maximum Gasteiger partial charge on any atom is 0.238 e. The molecule has 0 bridgehead atoms. The molecule has 1 rings (SSSR count). The predicted molar refractivity (Wildman–Crippen MR) is 87.0 cm³/mol. The number of carbonyl (C=O) groups is 1. The van der Waals surface area contributed by atoms with Crippen LogP contribution in [0.5, 0.6) is 0 Å². The lowest BCUT2D eigenvalue weighted by molar-refractivity contribution is -0.117. The van der Waals surface area contributed by atoms with Gasteiger partial charge in [-0.25, -0.2) is 0 Å². The van der Waals surface area contributed by atoms with E-state index in [1.54, 1.807) is 12.1 Å². The van der Waals surface area contributed by atoms with Crippen LogP contribution in [0.1, 0.15) is 5.56 Å². The molecular weight excluding hydrogens is 272 g/mol. The van der Waals surface area contributed by atoms with Gasteiger partial charge in [-0.1, -0.05) is 24.4 Å². The molecule has 1 aromatic rings. The van der Waals surface area contributed by atoms with Crippen LogP contribution >= 0.6 is 12.2 Å². The topological polar surface area (TPSA) is 61.6 Å². The maximum absolute atomic E-state index is 12.0. The molecule has 1 amide bonds. The average Bonchev–Trinajstić information content (AvgIpc) is 2.36. The smallest absolute Gasteiger partial charge is 0.238 e. The summed E-state index contributed by atoms with van der Waals surface area (Å²) < 4.78 is 0. The van der Waals surface area contributed by atoms with Gasteiger partial charge in [0.1, 0.15) is 4.99 Å². The van der Waals surface area contributed by atoms with Gasteiger partial charge in [0.25, 0.3) is 0 Å². The average molecular weight is 294 g/mol. The Kier molecular flexibility index (Phi) is 6.57. The molecule has 0 heterocycles. The fraction of sp³-hybridized carbons (Fsp3) is 0.429. The Morgan fingerprint density at radius 3 is 2.50 bits per heavy atom. The van der Waals surface area contributed by atoms with E-state index >= 15 is 0 Å². The van der Waals surface area contributed by atoms with E-state index < -0.39 is 0 Å². The van der Waals surface area contributed by atoms with Crippen LogP contribution in [0, 0.1) is 0 Å². The van der Waals surface area contributed by atoms with Crippen molar-refractivity contribution in [2.24, 2.45) is 5.73 Å². The van der Waals surface area contributed by atoms with Crippen LogP contribution in [-0.2, 0) is 4.79 Å². The van der Waals surface area contributed by atoms with Crippen molar-refractivity contribution in [3.8, 4) is 0 Å². The fourth-order valence-corrected chi connectivity index (χ4v) is 1.87. The monoisotopic (exact) mass is 294 g/mol. The van der Waals surface area contributed by atoms with Gasteiger partial charge in [-0.2, -0.15) is 0 Å². The Balaban J connectivity index is 2.56. The molecule has 1 aromatic carbocycles. The summed E-state index contributed by atoms with van der Waals surface area (Å²) in [4.78, 5) is 16.3. The second kappa shape index (κ2) is 7.94. The van der Waals surface area contributed by atoms with E-state index in [-0.39, 0.29) is 10.9 Å². The molecule has 0 aliphatic carbocycles. The highest BCUT2D eigenvalue weighted by Crippen LogP contribution is 2.14. The molecule has 6 heteroatoms. The molecular formula is C14H22N4OS. The summed E-state index contributed by atoms with van der Waals surface area (Å²) >= 11 is 4.97. The van der Waals surface area contributed by atoms with Crippen molar-refractivity contribution in [3.63, 3.8) is 0 Å². The quantitative estimate of drug-likeness (QED) is 0.727. The number of rotatable bonds is 7. The van der Waals surface area contributed by atoms with Crippen molar-refractivity contribution in [1.82, 2.24) is 9.80 Å². The van der Waals surface area contributed by atoms with Crippen LogP contribution in [0.4, 0.5) is 5.69 Å². The number of nitrogens with two attached hydrogens (primary N) is 1. The summed E-state index contributed by atoms with van der Waals surface area (Å²) in [5, 5.41) is 2.85. The third-order valence-electron chi connectivity index (χ3n) is 2.81. The summed E-state index contributed by atoms with van der Waals surface area (Å²) in [5.41, 5.74) is 6.98. The van der Waals surface area contributed by atoms with Crippen LogP contribution in [-0.4, -0.2) is 61.5 Å². The minimum atomic E-state index is -0.0741. The first kappa shape index (κ1) is 16.6. The van der Waals surface area contributed by atoms with Gasteiger partial charge in [0, 0.05) is 18.7 Å². The Morgan fingerprint density at radius 1 is 1.25 bits per heavy atom. The molecule has 0 fully saturated rings. The number of likely N-dealkylation sites (N-methyl/N-ethyl adjacent to an activating group) is 2. The van der Waals surface area contributed by atoms with E-state index in [1.165, 1.54) is 0 Å². The third kappa shape index (κ3) is 5.64. The van der Waals surface area contributed by atoms with E-state index in [1.807, 2.05) is 38.2 Å². The zero-order chi connectivity index (χ0) is 15.1. The molecule has 0 aliphatic rings. The van der Waals surface area contributed by atoms with Crippen molar-refractivity contribution >= 4 is 28.8 Å². The van der Waals surface area contributed by atoms with Crippen LogP contribution in [0.2, 0.25) is 0 Å². The zero-order valence-corrected chi connectivity index (χ0v) is 13.0. The number of para-hydroxylation sites is 1. The number of thiocarbonyl (C=S) groups is 1. The summed E-state index contributed by atoms with van der Waals surface area (Å²) in [6.07, 6.45) is 0. The SMILES string of the molecule is CN(C)CCN(C)CC(=O)Nc1ccccc1C(N)=S. The number of nitrogens with zero attached hydrogens (tertiary/aromatic N) is 2. The van der Waals surface area contributed by atoms with Crippen LogP contribution < -0.4 is 11.1 Å². The molecule has 0 saturated heterocycles. The van der Waals surface area contributed by atoms with Crippen molar-refractivity contribution in [1.29, 1.82) is 0 Å². The van der Waals surface area contributed by atoms with Gasteiger partial charge in [-0.05, 0) is 33.3 Å². The number of anilines is 1. The van der Waals surface area contributed by atoms with Crippen LogP contribution in [0.25, 0.3) is 0 Å². The van der Waals surface area contributed by atoms with Gasteiger partial charge in [0.15, 0.2) is 0 Å². The third-order valence-corrected chi connectivity index (χ3v) is 3.03. The molecule has 0 saturated carbocycles. The van der Waals surface area contributed by atoms with Gasteiger partial charge in [0.2, 0.25) is 5.91 Å². The van der Waals surface area contributed by atoms with Crippen LogP contribution in [0.15, 0.2) is 24.3 Å². The van der Waals surface area contributed by atoms with E-state index in [0.29, 0.717) is 17.8 Å². The molecule has 20 heavy (non-hydrogen) atoms. The number of benzene rings is 1. The number of carbonyl (C=O) groups excluding carboxylic acids is 1. The van der Waals surface area contributed by atoms with Gasteiger partial charge in [-0.15, -0.1) is 0 Å². The molecule has 5 nitrogen and oxygen atoms in total. The molecule has 0 aliphatic heterocycles. The fourth-order valence-electron chi connectivity index (χ4n) is 1.69. The Hall–Kier alpha value is -1.50. The van der Waals surface area contributed by atoms with E-state index in [0.717, 1.165) is 13.1 Å². The summed E-state index contributed by atoms with van der Waals surface area (Å²) in [6.45, 7) is 2.07. The maximum atomic E-state index is 12.0. The highest BCUT2D eigenvalue weighted by Gasteiger charge is 2.10. The number of hydrogen-bond acceptors (Lipinski definition) is 4. The normalized spacial score (nSPS) is 10.8. The van der Waals surface area contributed by atoms with Gasteiger partial charge >= 0.3 is 0 Å². The second-order valence-electron chi connectivity index (χ2n) is 5.00. The van der Waals surface area contributed by atoms with Gasteiger partial charge in [-0.3, -0.25) is 9.69 Å². The van der Waals surface area contributed by atoms with Crippen molar-refractivity contribution in [2.45, 2.75) is 0 Å². The molecule has 0 atom stereocenters. The van der Waals surface area contributed by atoms with Gasteiger partial charge in [0.05, 0.1) is 12.2 Å². The second-order valence-corrected chi connectivity index (χ2v) is 5.44. The lowest BCUT2D eigenvalue weighted by Gasteiger charge is -2.19. The first-order valence-electron chi connectivity index (χ1n) is 6.42. The van der Waals surface area contributed by atoms with Crippen molar-refractivity contribution in [3.05, 3.63) is 29.8 Å². The van der Waals surface area contributed by atoms with Crippen molar-refractivity contribution in [2.75, 3.05) is 46.1 Å². The van der Waals surface area contributed by atoms with Crippen LogP contribution in [0.3, 0.4) is 0 Å². The molecule has 110 valence electrons. The van der Waals surface area contributed by atoms with E-state index in [2.05, 4.69) is 10.2 Å². The first-order chi connectivity index (χ1) is 9.40. The number of hydrogen-bond donors (Lipinski definition) is 2. The molecule has 0 spiro atoms. The molecule has 3 N–H and O–H groups in total. The Labute approximate surface area is 125 Å². The lowest BCUT2D eigenvalue weighted by atomic mass is 10.2. The largest absolute Gasteiger partial charge is 0.389 e.